The van der Waals surface area contributed by atoms with Gasteiger partial charge in [-0.25, -0.2) is 0 Å². The van der Waals surface area contributed by atoms with Gasteiger partial charge in [-0.15, -0.1) is 0 Å². The lowest BCUT2D eigenvalue weighted by Gasteiger charge is -2.50. The monoisotopic (exact) mass is 202 g/mol. The van der Waals surface area contributed by atoms with E-state index in [9.17, 15) is 0 Å². The van der Waals surface area contributed by atoms with Gasteiger partial charge in [0.25, 0.3) is 0 Å². The quantitative estimate of drug-likeness (QED) is 0.727. The van der Waals surface area contributed by atoms with E-state index in [1.807, 2.05) is 11.8 Å². The Bertz CT molecular complexity index is 166. The van der Waals surface area contributed by atoms with E-state index in [-0.39, 0.29) is 5.54 Å². The number of rotatable bonds is 3. The molecule has 2 nitrogen and oxygen atoms in total. The zero-order valence-electron chi connectivity index (χ0n) is 9.02. The average Bonchev–Trinajstić information content (AvgIpc) is 2.09. The van der Waals surface area contributed by atoms with Gasteiger partial charge in [0, 0.05) is 17.8 Å². The molecule has 3 N–H and O–H groups in total. The van der Waals surface area contributed by atoms with E-state index < -0.39 is 0 Å². The number of hydrogen-bond acceptors (Lipinski definition) is 3. The minimum absolute atomic E-state index is 0.157. The lowest BCUT2D eigenvalue weighted by Crippen LogP contribution is -2.64. The van der Waals surface area contributed by atoms with Gasteiger partial charge in [0.1, 0.15) is 0 Å². The van der Waals surface area contributed by atoms with Crippen molar-refractivity contribution in [3.63, 3.8) is 0 Å². The van der Waals surface area contributed by atoms with Gasteiger partial charge in [-0.05, 0) is 24.1 Å². The van der Waals surface area contributed by atoms with Crippen LogP contribution in [0.5, 0.6) is 0 Å². The second-order valence-corrected chi connectivity index (χ2v) is 5.61. The molecule has 0 amide bonds. The third-order valence-corrected chi connectivity index (χ3v) is 4.57. The van der Waals surface area contributed by atoms with Gasteiger partial charge in [0.15, 0.2) is 0 Å². The van der Waals surface area contributed by atoms with Crippen LogP contribution in [0.25, 0.3) is 0 Å². The highest BCUT2D eigenvalue weighted by Crippen LogP contribution is 2.41. The van der Waals surface area contributed by atoms with Crippen LogP contribution < -0.4 is 11.1 Å². The molecule has 0 aromatic rings. The first-order chi connectivity index (χ1) is 6.08. The van der Waals surface area contributed by atoms with Crippen LogP contribution in [-0.4, -0.2) is 30.1 Å². The molecule has 1 atom stereocenters. The van der Waals surface area contributed by atoms with Crippen LogP contribution in [0, 0.1) is 5.41 Å². The van der Waals surface area contributed by atoms with Crippen molar-refractivity contribution in [2.45, 2.75) is 32.7 Å². The first kappa shape index (κ1) is 11.3. The average molecular weight is 202 g/mol. The molecule has 1 heterocycles. The van der Waals surface area contributed by atoms with Gasteiger partial charge in [0.05, 0.1) is 0 Å². The van der Waals surface area contributed by atoms with E-state index in [2.05, 4.69) is 26.1 Å². The molecule has 0 saturated carbocycles. The highest BCUT2D eigenvalue weighted by molar-refractivity contribution is 7.99. The second kappa shape index (κ2) is 4.20. The standard InChI is InChI=1S/C10H22N2S/c1-4-12-10(7-11)8-13-6-5-9(10,2)3/h12H,4-8,11H2,1-3H3. The van der Waals surface area contributed by atoms with Crippen molar-refractivity contribution in [3.8, 4) is 0 Å². The van der Waals surface area contributed by atoms with Crippen molar-refractivity contribution < 1.29 is 0 Å². The summed E-state index contributed by atoms with van der Waals surface area (Å²) >= 11 is 2.03. The minimum atomic E-state index is 0.157. The molecule has 1 aliphatic rings. The lowest BCUT2D eigenvalue weighted by atomic mass is 9.71. The summed E-state index contributed by atoms with van der Waals surface area (Å²) in [5.74, 6) is 2.44. The summed E-state index contributed by atoms with van der Waals surface area (Å²) < 4.78 is 0. The van der Waals surface area contributed by atoms with Gasteiger partial charge in [0.2, 0.25) is 0 Å². The molecule has 1 saturated heterocycles. The van der Waals surface area contributed by atoms with Crippen molar-refractivity contribution in [1.29, 1.82) is 0 Å². The Morgan fingerprint density at radius 2 is 2.15 bits per heavy atom. The molecule has 0 bridgehead atoms. The lowest BCUT2D eigenvalue weighted by molar-refractivity contribution is 0.139. The Balaban J connectivity index is 2.79. The van der Waals surface area contributed by atoms with Gasteiger partial charge in [-0.3, -0.25) is 0 Å². The number of nitrogens with two attached hydrogens (primary N) is 1. The SMILES string of the molecule is CCNC1(CN)CSCCC1(C)C. The zero-order chi connectivity index (χ0) is 9.95. The Hall–Kier alpha value is 0.270. The number of thioether (sulfide) groups is 1. The molecule has 0 spiro atoms. The molecule has 13 heavy (non-hydrogen) atoms. The number of likely N-dealkylation sites (N-methyl/N-ethyl adjacent to an activating group) is 1. The van der Waals surface area contributed by atoms with Crippen LogP contribution in [0.2, 0.25) is 0 Å². The number of nitrogens with one attached hydrogen (secondary N) is 1. The fourth-order valence-corrected chi connectivity index (χ4v) is 3.80. The summed E-state index contributed by atoms with van der Waals surface area (Å²) in [6, 6.07) is 0. The van der Waals surface area contributed by atoms with Gasteiger partial charge in [-0.2, -0.15) is 11.8 Å². The molecule has 0 aromatic carbocycles. The largest absolute Gasteiger partial charge is 0.329 e. The van der Waals surface area contributed by atoms with E-state index in [1.165, 1.54) is 12.2 Å². The third kappa shape index (κ3) is 2.03. The van der Waals surface area contributed by atoms with Crippen LogP contribution in [-0.2, 0) is 0 Å². The van der Waals surface area contributed by atoms with Crippen molar-refractivity contribution >= 4 is 11.8 Å². The Kier molecular flexibility index (Phi) is 3.66. The molecule has 0 aliphatic carbocycles. The fraction of sp³-hybridized carbons (Fsp3) is 1.00. The first-order valence-corrected chi connectivity index (χ1v) is 6.26. The summed E-state index contributed by atoms with van der Waals surface area (Å²) in [6.45, 7) is 8.60. The molecule has 0 aromatic heterocycles. The van der Waals surface area contributed by atoms with Gasteiger partial charge >= 0.3 is 0 Å². The molecule has 3 heteroatoms. The highest BCUT2D eigenvalue weighted by atomic mass is 32.2. The molecule has 78 valence electrons. The molecular formula is C10H22N2S. The van der Waals surface area contributed by atoms with Crippen LogP contribution in [0.4, 0.5) is 0 Å². The molecular weight excluding hydrogens is 180 g/mol. The smallest absolute Gasteiger partial charge is 0.0447 e. The minimum Gasteiger partial charge on any atom is -0.329 e. The second-order valence-electron chi connectivity index (χ2n) is 4.50. The molecule has 1 rings (SSSR count). The van der Waals surface area contributed by atoms with Crippen molar-refractivity contribution in [3.05, 3.63) is 0 Å². The summed E-state index contributed by atoms with van der Waals surface area (Å²) in [6.07, 6.45) is 1.27. The van der Waals surface area contributed by atoms with Crippen molar-refractivity contribution in [2.24, 2.45) is 11.1 Å². The predicted molar refractivity (Wildman–Crippen MR) is 61.2 cm³/mol. The van der Waals surface area contributed by atoms with Gasteiger partial charge in [-0.1, -0.05) is 20.8 Å². The summed E-state index contributed by atoms with van der Waals surface area (Å²) in [4.78, 5) is 0. The topological polar surface area (TPSA) is 38.0 Å². The normalized spacial score (nSPS) is 33.2. The third-order valence-electron chi connectivity index (χ3n) is 3.38. The van der Waals surface area contributed by atoms with E-state index in [4.69, 9.17) is 5.73 Å². The van der Waals surface area contributed by atoms with Crippen LogP contribution in [0.1, 0.15) is 27.2 Å². The molecule has 0 radical (unpaired) electrons. The maximum Gasteiger partial charge on any atom is 0.0447 e. The highest BCUT2D eigenvalue weighted by Gasteiger charge is 2.45. The van der Waals surface area contributed by atoms with E-state index in [1.54, 1.807) is 0 Å². The van der Waals surface area contributed by atoms with E-state index in [0.29, 0.717) is 5.41 Å². The van der Waals surface area contributed by atoms with Gasteiger partial charge < -0.3 is 11.1 Å². The summed E-state index contributed by atoms with van der Waals surface area (Å²) in [5, 5.41) is 3.59. The molecule has 1 unspecified atom stereocenters. The van der Waals surface area contributed by atoms with Crippen LogP contribution in [0.15, 0.2) is 0 Å². The van der Waals surface area contributed by atoms with E-state index in [0.717, 1.165) is 18.8 Å². The van der Waals surface area contributed by atoms with Crippen molar-refractivity contribution in [1.82, 2.24) is 5.32 Å². The summed E-state index contributed by atoms with van der Waals surface area (Å²) in [7, 11) is 0. The number of hydrogen-bond donors (Lipinski definition) is 2. The Labute approximate surface area is 86.0 Å². The summed E-state index contributed by atoms with van der Waals surface area (Å²) in [5.41, 5.74) is 6.42. The molecule has 1 fully saturated rings. The van der Waals surface area contributed by atoms with Crippen molar-refractivity contribution in [2.75, 3.05) is 24.6 Å². The Morgan fingerprint density at radius 3 is 2.62 bits per heavy atom. The van der Waals surface area contributed by atoms with Crippen LogP contribution >= 0.6 is 11.8 Å². The molecule has 1 aliphatic heterocycles. The first-order valence-electron chi connectivity index (χ1n) is 5.11. The maximum atomic E-state index is 5.92. The van der Waals surface area contributed by atoms with Crippen LogP contribution in [0.3, 0.4) is 0 Å². The Morgan fingerprint density at radius 1 is 1.46 bits per heavy atom. The predicted octanol–water partition coefficient (Wildman–Crippen LogP) is 1.46. The fourth-order valence-electron chi connectivity index (χ4n) is 2.04. The maximum absolute atomic E-state index is 5.92. The zero-order valence-corrected chi connectivity index (χ0v) is 9.84. The van der Waals surface area contributed by atoms with E-state index >= 15 is 0 Å².